The zero-order chi connectivity index (χ0) is 13.0. The lowest BCUT2D eigenvalue weighted by Gasteiger charge is -2.10. The highest BCUT2D eigenvalue weighted by Crippen LogP contribution is 2.15. The number of ether oxygens (including phenoxy) is 2. The summed E-state index contributed by atoms with van der Waals surface area (Å²) in [6.07, 6.45) is 0. The number of carbonyl (C=O) groups excluding carboxylic acids is 1. The first-order valence-corrected chi connectivity index (χ1v) is 5.47. The number of aromatic nitrogens is 2. The lowest BCUT2D eigenvalue weighted by atomic mass is 10.3. The van der Waals surface area contributed by atoms with Crippen molar-refractivity contribution in [3.8, 4) is 5.75 Å². The van der Waals surface area contributed by atoms with E-state index in [2.05, 4.69) is 4.98 Å². The van der Waals surface area contributed by atoms with Crippen LogP contribution in [0.1, 0.15) is 24.3 Å². The summed E-state index contributed by atoms with van der Waals surface area (Å²) in [5.41, 5.74) is -0.711. The summed E-state index contributed by atoms with van der Waals surface area (Å²) in [4.78, 5) is 27.2. The Bertz CT molecular complexity index is 484. The van der Waals surface area contributed by atoms with Gasteiger partial charge in [0.05, 0.1) is 13.2 Å². The summed E-state index contributed by atoms with van der Waals surface area (Å²) >= 11 is 5.72. The van der Waals surface area contributed by atoms with Crippen LogP contribution in [0.3, 0.4) is 0 Å². The smallest absolute Gasteiger partial charge is 0.361 e. The predicted molar refractivity (Wildman–Crippen MR) is 61.6 cm³/mol. The molecule has 0 aliphatic rings. The zero-order valence-corrected chi connectivity index (χ0v) is 10.6. The van der Waals surface area contributed by atoms with E-state index < -0.39 is 11.5 Å². The monoisotopic (exact) mass is 260 g/mol. The average Bonchev–Trinajstić information content (AvgIpc) is 2.30. The molecule has 1 aromatic heterocycles. The highest BCUT2D eigenvalue weighted by Gasteiger charge is 2.22. The molecule has 0 bridgehead atoms. The van der Waals surface area contributed by atoms with Crippen molar-refractivity contribution in [3.63, 3.8) is 0 Å². The van der Waals surface area contributed by atoms with E-state index in [0.717, 1.165) is 4.57 Å². The molecule has 17 heavy (non-hydrogen) atoms. The molecule has 1 aromatic rings. The summed E-state index contributed by atoms with van der Waals surface area (Å²) in [5.74, 6) is -0.867. The molecule has 0 aliphatic heterocycles. The van der Waals surface area contributed by atoms with E-state index in [4.69, 9.17) is 21.1 Å². The number of hydrogen-bond acceptors (Lipinski definition) is 5. The standard InChI is InChI=1S/C10H13ClN2O4/c1-4-16-7-6(9(15)17-5-2)12-10(11)13(3)8(7)14/h4-5H2,1-3H3. The van der Waals surface area contributed by atoms with Crippen LogP contribution in [-0.2, 0) is 11.8 Å². The fourth-order valence-corrected chi connectivity index (χ4v) is 1.33. The van der Waals surface area contributed by atoms with Crippen LogP contribution in [0.4, 0.5) is 0 Å². The lowest BCUT2D eigenvalue weighted by Crippen LogP contribution is -2.25. The van der Waals surface area contributed by atoms with Crippen molar-refractivity contribution in [2.24, 2.45) is 7.05 Å². The Hall–Kier alpha value is -1.56. The second-order valence-electron chi connectivity index (χ2n) is 3.08. The van der Waals surface area contributed by atoms with Crippen molar-refractivity contribution >= 4 is 17.6 Å². The van der Waals surface area contributed by atoms with Gasteiger partial charge in [-0.2, -0.15) is 0 Å². The lowest BCUT2D eigenvalue weighted by molar-refractivity contribution is 0.0513. The molecule has 6 nitrogen and oxygen atoms in total. The summed E-state index contributed by atoms with van der Waals surface area (Å²) in [6, 6.07) is 0. The molecule has 7 heteroatoms. The topological polar surface area (TPSA) is 70.4 Å². The van der Waals surface area contributed by atoms with Crippen LogP contribution < -0.4 is 10.3 Å². The van der Waals surface area contributed by atoms with Crippen LogP contribution >= 0.6 is 11.6 Å². The summed E-state index contributed by atoms with van der Waals surface area (Å²) in [5, 5.41) is -0.0958. The van der Waals surface area contributed by atoms with Gasteiger partial charge >= 0.3 is 5.97 Å². The first-order chi connectivity index (χ1) is 8.02. The van der Waals surface area contributed by atoms with E-state index >= 15 is 0 Å². The first-order valence-electron chi connectivity index (χ1n) is 5.09. The number of carbonyl (C=O) groups is 1. The van der Waals surface area contributed by atoms with Crippen LogP contribution in [0.2, 0.25) is 5.28 Å². The van der Waals surface area contributed by atoms with Crippen molar-refractivity contribution in [2.75, 3.05) is 13.2 Å². The third kappa shape index (κ3) is 2.76. The maximum atomic E-state index is 11.8. The fourth-order valence-electron chi connectivity index (χ4n) is 1.17. The molecule has 1 rings (SSSR count). The van der Waals surface area contributed by atoms with Gasteiger partial charge in [-0.15, -0.1) is 0 Å². The van der Waals surface area contributed by atoms with E-state index in [1.165, 1.54) is 7.05 Å². The van der Waals surface area contributed by atoms with Crippen molar-refractivity contribution < 1.29 is 14.3 Å². The average molecular weight is 261 g/mol. The van der Waals surface area contributed by atoms with Crippen molar-refractivity contribution in [1.82, 2.24) is 9.55 Å². The molecule has 0 unspecified atom stereocenters. The van der Waals surface area contributed by atoms with E-state index in [-0.39, 0.29) is 29.9 Å². The highest BCUT2D eigenvalue weighted by molar-refractivity contribution is 6.28. The van der Waals surface area contributed by atoms with Gasteiger partial charge in [-0.1, -0.05) is 0 Å². The summed E-state index contributed by atoms with van der Waals surface area (Å²) in [7, 11) is 1.44. The van der Waals surface area contributed by atoms with Gasteiger partial charge in [0.15, 0.2) is 5.69 Å². The molecule has 0 amide bonds. The third-order valence-electron chi connectivity index (χ3n) is 1.95. The molecule has 94 valence electrons. The number of hydrogen-bond donors (Lipinski definition) is 0. The molecule has 1 heterocycles. The molecule has 0 radical (unpaired) electrons. The van der Waals surface area contributed by atoms with Gasteiger partial charge in [0, 0.05) is 7.05 Å². The first kappa shape index (κ1) is 13.5. The predicted octanol–water partition coefficient (Wildman–Crippen LogP) is 1.01. The molecule has 0 saturated carbocycles. The molecule has 0 atom stereocenters. The summed E-state index contributed by atoms with van der Waals surface area (Å²) < 4.78 is 11.0. The Kier molecular flexibility index (Phi) is 4.51. The van der Waals surface area contributed by atoms with Crippen molar-refractivity contribution in [1.29, 1.82) is 0 Å². The van der Waals surface area contributed by atoms with Crippen LogP contribution in [0, 0.1) is 0 Å². The van der Waals surface area contributed by atoms with Gasteiger partial charge in [0.25, 0.3) is 5.56 Å². The fraction of sp³-hybridized carbons (Fsp3) is 0.500. The van der Waals surface area contributed by atoms with Gasteiger partial charge in [0.2, 0.25) is 11.0 Å². The Morgan fingerprint density at radius 2 is 2.06 bits per heavy atom. The van der Waals surface area contributed by atoms with Gasteiger partial charge in [-0.05, 0) is 25.4 Å². The summed E-state index contributed by atoms with van der Waals surface area (Å²) in [6.45, 7) is 3.77. The quantitative estimate of drug-likeness (QED) is 0.597. The molecule has 0 spiro atoms. The molecule has 0 N–H and O–H groups in total. The Labute approximate surface area is 103 Å². The molecule has 0 aromatic carbocycles. The minimum absolute atomic E-state index is 0.0958. The molecule has 0 saturated heterocycles. The Morgan fingerprint density at radius 3 is 2.59 bits per heavy atom. The number of esters is 1. The molecule has 0 fully saturated rings. The third-order valence-corrected chi connectivity index (χ3v) is 2.29. The van der Waals surface area contributed by atoms with Crippen LogP contribution in [0.15, 0.2) is 4.79 Å². The molecular formula is C10H13ClN2O4. The normalized spacial score (nSPS) is 10.1. The van der Waals surface area contributed by atoms with Gasteiger partial charge < -0.3 is 9.47 Å². The molecular weight excluding hydrogens is 248 g/mol. The Balaban J connectivity index is 3.37. The number of rotatable bonds is 4. The minimum atomic E-state index is -0.726. The van der Waals surface area contributed by atoms with Crippen molar-refractivity contribution in [2.45, 2.75) is 13.8 Å². The minimum Gasteiger partial charge on any atom is -0.486 e. The number of halogens is 1. The maximum absolute atomic E-state index is 11.8. The van der Waals surface area contributed by atoms with Crippen LogP contribution in [0.25, 0.3) is 0 Å². The van der Waals surface area contributed by atoms with Gasteiger partial charge in [-0.25, -0.2) is 9.78 Å². The molecule has 0 aliphatic carbocycles. The van der Waals surface area contributed by atoms with Crippen molar-refractivity contribution in [3.05, 3.63) is 21.3 Å². The second-order valence-corrected chi connectivity index (χ2v) is 3.41. The maximum Gasteiger partial charge on any atom is 0.361 e. The van der Waals surface area contributed by atoms with Gasteiger partial charge in [0.1, 0.15) is 0 Å². The van der Waals surface area contributed by atoms with Crippen LogP contribution in [0.5, 0.6) is 5.75 Å². The highest BCUT2D eigenvalue weighted by atomic mass is 35.5. The zero-order valence-electron chi connectivity index (χ0n) is 9.82. The Morgan fingerprint density at radius 1 is 1.41 bits per heavy atom. The largest absolute Gasteiger partial charge is 0.486 e. The SMILES string of the molecule is CCOC(=O)c1nc(Cl)n(C)c(=O)c1OCC. The van der Waals surface area contributed by atoms with E-state index in [9.17, 15) is 9.59 Å². The van der Waals surface area contributed by atoms with E-state index in [0.29, 0.717) is 0 Å². The second kappa shape index (κ2) is 5.67. The van der Waals surface area contributed by atoms with E-state index in [1.54, 1.807) is 13.8 Å². The number of nitrogens with zero attached hydrogens (tertiary/aromatic N) is 2. The van der Waals surface area contributed by atoms with E-state index in [1.807, 2.05) is 0 Å². The van der Waals surface area contributed by atoms with Gasteiger partial charge in [-0.3, -0.25) is 9.36 Å². The van der Waals surface area contributed by atoms with Crippen LogP contribution in [-0.4, -0.2) is 28.7 Å².